The van der Waals surface area contributed by atoms with E-state index in [4.69, 9.17) is 4.98 Å². The lowest BCUT2D eigenvalue weighted by molar-refractivity contribution is 0.955. The summed E-state index contributed by atoms with van der Waals surface area (Å²) >= 11 is 1.71. The standard InChI is InChI=1S/C13H10N4S/c1-2-4-9-8(3-1)5-6-10-11(9)16-13(18-10)12-14-7-15-17-12/h1-4,7H,5-6H2,(H,14,15,17). The second kappa shape index (κ2) is 3.74. The normalized spacial score (nSPS) is 13.1. The van der Waals surface area contributed by atoms with Gasteiger partial charge >= 0.3 is 0 Å². The summed E-state index contributed by atoms with van der Waals surface area (Å²) < 4.78 is 0. The van der Waals surface area contributed by atoms with Crippen LogP contribution >= 0.6 is 11.3 Å². The Morgan fingerprint density at radius 2 is 2.11 bits per heavy atom. The Balaban J connectivity index is 1.90. The maximum atomic E-state index is 4.72. The van der Waals surface area contributed by atoms with E-state index in [-0.39, 0.29) is 0 Å². The van der Waals surface area contributed by atoms with E-state index >= 15 is 0 Å². The number of aromatic nitrogens is 4. The average molecular weight is 254 g/mol. The number of thiazole rings is 1. The molecule has 2 aromatic heterocycles. The summed E-state index contributed by atoms with van der Waals surface area (Å²) in [5.41, 5.74) is 3.77. The number of aromatic amines is 1. The van der Waals surface area contributed by atoms with E-state index in [1.165, 1.54) is 22.3 Å². The second-order valence-corrected chi connectivity index (χ2v) is 5.37. The van der Waals surface area contributed by atoms with Crippen molar-refractivity contribution in [3.05, 3.63) is 41.0 Å². The Labute approximate surface area is 108 Å². The minimum atomic E-state index is 0.756. The van der Waals surface area contributed by atoms with Gasteiger partial charge in [0.1, 0.15) is 6.33 Å². The highest BCUT2D eigenvalue weighted by molar-refractivity contribution is 7.15. The molecule has 18 heavy (non-hydrogen) atoms. The first-order chi connectivity index (χ1) is 8.92. The number of benzene rings is 1. The SMILES string of the molecule is c1ccc2c(c1)CCc1sc(-c3ncn[nH]3)nc1-2. The molecule has 0 saturated heterocycles. The van der Waals surface area contributed by atoms with Crippen LogP contribution in [0.5, 0.6) is 0 Å². The quantitative estimate of drug-likeness (QED) is 0.726. The lowest BCUT2D eigenvalue weighted by Gasteiger charge is -2.13. The van der Waals surface area contributed by atoms with Gasteiger partial charge in [-0.1, -0.05) is 24.3 Å². The molecule has 5 heteroatoms. The molecule has 2 heterocycles. The summed E-state index contributed by atoms with van der Waals surface area (Å²) in [5.74, 6) is 0.756. The van der Waals surface area contributed by atoms with Gasteiger partial charge in [0.2, 0.25) is 0 Å². The molecule has 1 aliphatic carbocycles. The molecule has 0 atom stereocenters. The van der Waals surface area contributed by atoms with Crippen molar-refractivity contribution in [1.29, 1.82) is 0 Å². The van der Waals surface area contributed by atoms with Crippen LogP contribution < -0.4 is 0 Å². The number of aryl methyl sites for hydroxylation is 2. The van der Waals surface area contributed by atoms with Gasteiger partial charge in [-0.2, -0.15) is 5.10 Å². The van der Waals surface area contributed by atoms with Crippen LogP contribution in [0, 0.1) is 0 Å². The van der Waals surface area contributed by atoms with Crippen LogP contribution in [0.15, 0.2) is 30.6 Å². The lowest BCUT2D eigenvalue weighted by Crippen LogP contribution is -2.01. The highest BCUT2D eigenvalue weighted by atomic mass is 32.1. The smallest absolute Gasteiger partial charge is 0.184 e. The van der Waals surface area contributed by atoms with Crippen molar-refractivity contribution in [2.24, 2.45) is 0 Å². The van der Waals surface area contributed by atoms with Crippen LogP contribution in [0.1, 0.15) is 10.4 Å². The van der Waals surface area contributed by atoms with Crippen LogP contribution in [0.4, 0.5) is 0 Å². The van der Waals surface area contributed by atoms with Crippen LogP contribution in [-0.2, 0) is 12.8 Å². The van der Waals surface area contributed by atoms with Crippen molar-refractivity contribution in [2.45, 2.75) is 12.8 Å². The number of hydrogen-bond donors (Lipinski definition) is 1. The third kappa shape index (κ3) is 1.41. The van der Waals surface area contributed by atoms with Gasteiger partial charge in [0, 0.05) is 10.4 Å². The van der Waals surface area contributed by atoms with Crippen LogP contribution in [-0.4, -0.2) is 20.2 Å². The minimum Gasteiger partial charge on any atom is -0.257 e. The molecule has 4 nitrogen and oxygen atoms in total. The number of hydrogen-bond acceptors (Lipinski definition) is 4. The molecule has 0 saturated carbocycles. The van der Waals surface area contributed by atoms with Crippen molar-refractivity contribution in [1.82, 2.24) is 20.2 Å². The summed E-state index contributed by atoms with van der Waals surface area (Å²) in [6, 6.07) is 8.50. The van der Waals surface area contributed by atoms with E-state index < -0.39 is 0 Å². The largest absolute Gasteiger partial charge is 0.257 e. The van der Waals surface area contributed by atoms with E-state index in [0.717, 1.165) is 29.4 Å². The molecule has 3 aromatic rings. The van der Waals surface area contributed by atoms with Crippen LogP contribution in [0.25, 0.3) is 22.1 Å². The van der Waals surface area contributed by atoms with Gasteiger partial charge in [0.05, 0.1) is 5.69 Å². The third-order valence-electron chi connectivity index (χ3n) is 3.21. The molecule has 0 fully saturated rings. The number of fused-ring (bicyclic) bond motifs is 3. The van der Waals surface area contributed by atoms with E-state index in [1.807, 2.05) is 0 Å². The van der Waals surface area contributed by atoms with E-state index in [9.17, 15) is 0 Å². The van der Waals surface area contributed by atoms with Crippen molar-refractivity contribution in [2.75, 3.05) is 0 Å². The number of rotatable bonds is 1. The predicted molar refractivity (Wildman–Crippen MR) is 70.3 cm³/mol. The number of nitrogens with zero attached hydrogens (tertiary/aromatic N) is 3. The van der Waals surface area contributed by atoms with Gasteiger partial charge in [-0.25, -0.2) is 9.97 Å². The molecule has 88 valence electrons. The molecule has 0 bridgehead atoms. The molecule has 4 rings (SSSR count). The Hall–Kier alpha value is -2.01. The predicted octanol–water partition coefficient (Wildman–Crippen LogP) is 2.69. The molecule has 0 aliphatic heterocycles. The second-order valence-electron chi connectivity index (χ2n) is 4.28. The van der Waals surface area contributed by atoms with E-state index in [2.05, 4.69) is 39.4 Å². The highest BCUT2D eigenvalue weighted by Gasteiger charge is 2.21. The zero-order valence-electron chi connectivity index (χ0n) is 9.55. The monoisotopic (exact) mass is 254 g/mol. The fraction of sp³-hybridized carbons (Fsp3) is 0.154. The van der Waals surface area contributed by atoms with E-state index in [1.54, 1.807) is 11.3 Å². The van der Waals surface area contributed by atoms with Gasteiger partial charge in [-0.15, -0.1) is 11.3 Å². The van der Waals surface area contributed by atoms with Crippen LogP contribution in [0.2, 0.25) is 0 Å². The summed E-state index contributed by atoms with van der Waals surface area (Å²) in [7, 11) is 0. The van der Waals surface area contributed by atoms with Gasteiger partial charge in [-0.3, -0.25) is 5.10 Å². The molecule has 0 radical (unpaired) electrons. The van der Waals surface area contributed by atoms with E-state index in [0.29, 0.717) is 0 Å². The third-order valence-corrected chi connectivity index (χ3v) is 4.33. The summed E-state index contributed by atoms with van der Waals surface area (Å²) in [6.45, 7) is 0. The first-order valence-corrected chi connectivity index (χ1v) is 6.67. The van der Waals surface area contributed by atoms with Gasteiger partial charge < -0.3 is 0 Å². The zero-order valence-corrected chi connectivity index (χ0v) is 10.4. The fourth-order valence-electron chi connectivity index (χ4n) is 2.36. The maximum Gasteiger partial charge on any atom is 0.184 e. The lowest BCUT2D eigenvalue weighted by atomic mass is 9.94. The van der Waals surface area contributed by atoms with Crippen molar-refractivity contribution in [3.63, 3.8) is 0 Å². The molecule has 1 aliphatic rings. The first kappa shape index (κ1) is 9.96. The summed E-state index contributed by atoms with van der Waals surface area (Å²) in [6.07, 6.45) is 3.68. The summed E-state index contributed by atoms with van der Waals surface area (Å²) in [4.78, 5) is 10.2. The molecule has 1 aromatic carbocycles. The molecule has 1 N–H and O–H groups in total. The summed E-state index contributed by atoms with van der Waals surface area (Å²) in [5, 5.41) is 7.68. The number of nitrogens with one attached hydrogen (secondary N) is 1. The molecule has 0 amide bonds. The van der Waals surface area contributed by atoms with Crippen molar-refractivity contribution >= 4 is 11.3 Å². The van der Waals surface area contributed by atoms with Gasteiger partial charge in [0.25, 0.3) is 0 Å². The Kier molecular flexibility index (Phi) is 2.07. The molecule has 0 spiro atoms. The molecule has 0 unspecified atom stereocenters. The van der Waals surface area contributed by atoms with Crippen molar-refractivity contribution < 1.29 is 0 Å². The van der Waals surface area contributed by atoms with Gasteiger partial charge in [0.15, 0.2) is 10.8 Å². The average Bonchev–Trinajstić information content (AvgIpc) is 3.07. The Morgan fingerprint density at radius 1 is 1.17 bits per heavy atom. The maximum absolute atomic E-state index is 4.72. The highest BCUT2D eigenvalue weighted by Crippen LogP contribution is 2.38. The van der Waals surface area contributed by atoms with Gasteiger partial charge in [-0.05, 0) is 18.4 Å². The fourth-order valence-corrected chi connectivity index (χ4v) is 3.38. The number of H-pyrrole nitrogens is 1. The Morgan fingerprint density at radius 3 is 3.00 bits per heavy atom. The topological polar surface area (TPSA) is 54.5 Å². The molecular formula is C13H10N4S. The Bertz CT molecular complexity index is 700. The molecular weight excluding hydrogens is 244 g/mol. The first-order valence-electron chi connectivity index (χ1n) is 5.85. The van der Waals surface area contributed by atoms with Crippen LogP contribution in [0.3, 0.4) is 0 Å². The zero-order chi connectivity index (χ0) is 11.9. The minimum absolute atomic E-state index is 0.756. The van der Waals surface area contributed by atoms with Crippen molar-refractivity contribution in [3.8, 4) is 22.1 Å².